The highest BCUT2D eigenvalue weighted by Crippen LogP contribution is 2.29. The van der Waals surface area contributed by atoms with Gasteiger partial charge >= 0.3 is 5.97 Å². The van der Waals surface area contributed by atoms with E-state index in [1.165, 1.54) is 12.7 Å². The highest BCUT2D eigenvalue weighted by atomic mass is 16.5. The minimum absolute atomic E-state index is 0.358. The number of pyridine rings is 1. The third-order valence-corrected chi connectivity index (χ3v) is 4.04. The number of carbonyl (C=O) groups is 1. The number of esters is 1. The Morgan fingerprint density at radius 3 is 3.12 bits per heavy atom. The Bertz CT molecular complexity index is 917. The molecule has 122 valence electrons. The molecule has 0 saturated carbocycles. The van der Waals surface area contributed by atoms with Crippen molar-refractivity contribution >= 4 is 17.0 Å². The van der Waals surface area contributed by atoms with E-state index in [0.717, 1.165) is 30.2 Å². The zero-order valence-corrected chi connectivity index (χ0v) is 13.2. The normalized spacial score (nSPS) is 12.7. The Labute approximate surface area is 138 Å². The van der Waals surface area contributed by atoms with Crippen LogP contribution >= 0.6 is 0 Å². The van der Waals surface area contributed by atoms with Crippen LogP contribution in [0.1, 0.15) is 21.6 Å². The number of benzene rings is 1. The first-order chi connectivity index (χ1) is 11.7. The Hall–Kier alpha value is -3.02. The largest absolute Gasteiger partial charge is 0.493 e. The number of aromatic nitrogens is 2. The van der Waals surface area contributed by atoms with Crippen LogP contribution in [-0.4, -0.2) is 29.7 Å². The molecular weight excluding hydrogens is 308 g/mol. The minimum atomic E-state index is -0.393. The van der Waals surface area contributed by atoms with Crippen molar-refractivity contribution in [2.24, 2.45) is 0 Å². The molecule has 1 aromatic carbocycles. The fourth-order valence-electron chi connectivity index (χ4n) is 2.85. The van der Waals surface area contributed by atoms with Gasteiger partial charge < -0.3 is 19.2 Å². The molecule has 2 aromatic heterocycles. The summed E-state index contributed by atoms with van der Waals surface area (Å²) >= 11 is 0. The van der Waals surface area contributed by atoms with E-state index in [-0.39, 0.29) is 0 Å². The molecule has 0 fully saturated rings. The summed E-state index contributed by atoms with van der Waals surface area (Å²) in [4.78, 5) is 19.3. The fourth-order valence-corrected chi connectivity index (χ4v) is 2.85. The predicted octanol–water partition coefficient (Wildman–Crippen LogP) is 2.86. The Balaban J connectivity index is 1.56. The van der Waals surface area contributed by atoms with Crippen molar-refractivity contribution < 1.29 is 19.0 Å². The van der Waals surface area contributed by atoms with Crippen molar-refractivity contribution in [3.05, 3.63) is 53.3 Å². The molecule has 0 atom stereocenters. The highest BCUT2D eigenvalue weighted by Gasteiger charge is 2.15. The summed E-state index contributed by atoms with van der Waals surface area (Å²) in [6.45, 7) is 1.08. The number of nitrogens with zero attached hydrogens (tertiary/aromatic N) is 1. The highest BCUT2D eigenvalue weighted by molar-refractivity contribution is 6.01. The number of methoxy groups -OCH3 is 1. The van der Waals surface area contributed by atoms with E-state index < -0.39 is 5.97 Å². The van der Waals surface area contributed by atoms with Gasteiger partial charge in [-0.3, -0.25) is 4.98 Å². The fraction of sp³-hybridized carbons (Fsp3) is 0.222. The maximum atomic E-state index is 11.8. The van der Waals surface area contributed by atoms with Gasteiger partial charge in [0.25, 0.3) is 0 Å². The average molecular weight is 324 g/mol. The summed E-state index contributed by atoms with van der Waals surface area (Å²) < 4.78 is 16.1. The summed E-state index contributed by atoms with van der Waals surface area (Å²) in [5.74, 6) is 1.33. The van der Waals surface area contributed by atoms with Crippen LogP contribution in [0.3, 0.4) is 0 Å². The number of aromatic amines is 1. The second kappa shape index (κ2) is 5.88. The lowest BCUT2D eigenvalue weighted by Gasteiger charge is -2.06. The molecule has 24 heavy (non-hydrogen) atoms. The van der Waals surface area contributed by atoms with Crippen molar-refractivity contribution in [1.82, 2.24) is 9.97 Å². The first-order valence-corrected chi connectivity index (χ1v) is 7.68. The lowest BCUT2D eigenvalue weighted by atomic mass is 10.1. The lowest BCUT2D eigenvalue weighted by Crippen LogP contribution is -2.02. The molecule has 6 nitrogen and oxygen atoms in total. The number of hydrogen-bond donors (Lipinski definition) is 1. The van der Waals surface area contributed by atoms with Crippen LogP contribution in [-0.2, 0) is 17.8 Å². The Morgan fingerprint density at radius 1 is 1.33 bits per heavy atom. The second-order valence-electron chi connectivity index (χ2n) is 5.56. The van der Waals surface area contributed by atoms with E-state index in [2.05, 4.69) is 9.97 Å². The lowest BCUT2D eigenvalue weighted by molar-refractivity contribution is 0.0602. The molecule has 1 N–H and O–H groups in total. The van der Waals surface area contributed by atoms with E-state index >= 15 is 0 Å². The predicted molar refractivity (Wildman–Crippen MR) is 87.4 cm³/mol. The molecule has 0 amide bonds. The van der Waals surface area contributed by atoms with Gasteiger partial charge in [-0.1, -0.05) is 0 Å². The molecule has 0 aliphatic carbocycles. The summed E-state index contributed by atoms with van der Waals surface area (Å²) in [5, 5.41) is 0. The van der Waals surface area contributed by atoms with Crippen molar-refractivity contribution in [3.63, 3.8) is 0 Å². The molecule has 4 rings (SSSR count). The average Bonchev–Trinajstić information content (AvgIpc) is 3.24. The van der Waals surface area contributed by atoms with Gasteiger partial charge in [0.15, 0.2) is 0 Å². The van der Waals surface area contributed by atoms with Crippen LogP contribution in [0, 0.1) is 0 Å². The number of H-pyrrole nitrogens is 1. The zero-order valence-electron chi connectivity index (χ0n) is 13.2. The summed E-state index contributed by atoms with van der Waals surface area (Å²) in [6, 6.07) is 9.34. The maximum Gasteiger partial charge on any atom is 0.340 e. The van der Waals surface area contributed by atoms with Crippen molar-refractivity contribution in [2.45, 2.75) is 13.0 Å². The molecule has 3 heterocycles. The van der Waals surface area contributed by atoms with Gasteiger partial charge in [0.05, 0.1) is 36.0 Å². The molecule has 1 aliphatic heterocycles. The first-order valence-electron chi connectivity index (χ1n) is 7.68. The third-order valence-electron chi connectivity index (χ3n) is 4.04. The first kappa shape index (κ1) is 14.6. The van der Waals surface area contributed by atoms with Gasteiger partial charge in [-0.15, -0.1) is 0 Å². The zero-order chi connectivity index (χ0) is 16.5. The molecule has 3 aromatic rings. The molecule has 0 unspecified atom stereocenters. The number of hydrogen-bond acceptors (Lipinski definition) is 5. The van der Waals surface area contributed by atoms with Gasteiger partial charge in [-0.2, -0.15) is 0 Å². The second-order valence-corrected chi connectivity index (χ2v) is 5.56. The summed E-state index contributed by atoms with van der Waals surface area (Å²) in [7, 11) is 1.36. The quantitative estimate of drug-likeness (QED) is 0.747. The van der Waals surface area contributed by atoms with Gasteiger partial charge in [-0.05, 0) is 30.3 Å². The van der Waals surface area contributed by atoms with Crippen LogP contribution in [0.5, 0.6) is 11.5 Å². The van der Waals surface area contributed by atoms with Crippen molar-refractivity contribution in [2.75, 3.05) is 13.7 Å². The van der Waals surface area contributed by atoms with Gasteiger partial charge in [0.1, 0.15) is 18.1 Å². The molecular formula is C18H16N2O4. The number of rotatable bonds is 4. The minimum Gasteiger partial charge on any atom is -0.493 e. The molecule has 6 heteroatoms. The van der Waals surface area contributed by atoms with E-state index in [4.69, 9.17) is 14.2 Å². The van der Waals surface area contributed by atoms with Crippen molar-refractivity contribution in [3.8, 4) is 11.5 Å². The van der Waals surface area contributed by atoms with E-state index in [0.29, 0.717) is 23.2 Å². The SMILES string of the molecule is COC(=O)c1ccnc2cc(COc3ccc4c(c3)CCO4)[nH]c12. The number of carbonyl (C=O) groups excluding carboxylic acids is 1. The summed E-state index contributed by atoms with van der Waals surface area (Å²) in [6.07, 6.45) is 2.50. The Kier molecular flexibility index (Phi) is 3.57. The van der Waals surface area contributed by atoms with Crippen LogP contribution in [0.25, 0.3) is 11.0 Å². The topological polar surface area (TPSA) is 73.4 Å². The third kappa shape index (κ3) is 2.56. The van der Waals surface area contributed by atoms with Gasteiger partial charge in [0, 0.05) is 18.2 Å². The van der Waals surface area contributed by atoms with Crippen LogP contribution in [0.4, 0.5) is 0 Å². The monoisotopic (exact) mass is 324 g/mol. The smallest absolute Gasteiger partial charge is 0.340 e. The van der Waals surface area contributed by atoms with Gasteiger partial charge in [-0.25, -0.2) is 4.79 Å². The van der Waals surface area contributed by atoms with E-state index in [9.17, 15) is 4.79 Å². The number of nitrogens with one attached hydrogen (secondary N) is 1. The summed E-state index contributed by atoms with van der Waals surface area (Å²) in [5.41, 5.74) is 3.83. The van der Waals surface area contributed by atoms with E-state index in [1.54, 1.807) is 12.3 Å². The molecule has 0 spiro atoms. The van der Waals surface area contributed by atoms with Crippen molar-refractivity contribution in [1.29, 1.82) is 0 Å². The van der Waals surface area contributed by atoms with Crippen LogP contribution in [0.2, 0.25) is 0 Å². The number of fused-ring (bicyclic) bond motifs is 2. The van der Waals surface area contributed by atoms with Gasteiger partial charge in [0.2, 0.25) is 0 Å². The molecule has 1 aliphatic rings. The van der Waals surface area contributed by atoms with Crippen LogP contribution < -0.4 is 9.47 Å². The standard InChI is InChI=1S/C18H16N2O4/c1-22-18(21)14-4-6-19-15-9-12(20-17(14)15)10-24-13-2-3-16-11(8-13)5-7-23-16/h2-4,6,8-9,20H,5,7,10H2,1H3. The molecule has 0 radical (unpaired) electrons. The molecule has 0 bridgehead atoms. The van der Waals surface area contributed by atoms with E-state index in [1.807, 2.05) is 24.3 Å². The molecule has 0 saturated heterocycles. The number of ether oxygens (including phenoxy) is 3. The Morgan fingerprint density at radius 2 is 2.25 bits per heavy atom. The maximum absolute atomic E-state index is 11.8. The van der Waals surface area contributed by atoms with Crippen LogP contribution in [0.15, 0.2) is 36.5 Å².